The van der Waals surface area contributed by atoms with Crippen LogP contribution in [0.1, 0.15) is 16.1 Å². The maximum atomic E-state index is 13.5. The van der Waals surface area contributed by atoms with Gasteiger partial charge < -0.3 is 9.64 Å². The Morgan fingerprint density at radius 3 is 2.48 bits per heavy atom. The minimum atomic E-state index is -4.01. The molecule has 0 unspecified atom stereocenters. The molecule has 0 aliphatic heterocycles. The molecule has 0 fully saturated rings. The van der Waals surface area contributed by atoms with Gasteiger partial charge in [0.05, 0.1) is 47.1 Å². The van der Waals surface area contributed by atoms with Crippen molar-refractivity contribution in [2.75, 3.05) is 25.0 Å². The van der Waals surface area contributed by atoms with Gasteiger partial charge in [-0.1, -0.05) is 23.7 Å². The zero-order chi connectivity index (χ0) is 24.0. The van der Waals surface area contributed by atoms with Gasteiger partial charge in [0, 0.05) is 13.2 Å². The van der Waals surface area contributed by atoms with Gasteiger partial charge in [-0.05, 0) is 54.6 Å². The minimum absolute atomic E-state index is 0.0418. The maximum Gasteiger partial charge on any atom is 0.264 e. The van der Waals surface area contributed by atoms with Crippen LogP contribution in [0.2, 0.25) is 5.02 Å². The summed E-state index contributed by atoms with van der Waals surface area (Å²) in [6, 6.07) is 16.1. The van der Waals surface area contributed by atoms with Crippen molar-refractivity contribution in [1.29, 1.82) is 0 Å². The molecule has 9 heteroatoms. The van der Waals surface area contributed by atoms with E-state index in [9.17, 15) is 13.2 Å². The van der Waals surface area contributed by atoms with Crippen LogP contribution in [-0.2, 0) is 16.6 Å². The van der Waals surface area contributed by atoms with Crippen LogP contribution in [0.3, 0.4) is 0 Å². The van der Waals surface area contributed by atoms with Crippen molar-refractivity contribution in [3.05, 3.63) is 95.8 Å². The van der Waals surface area contributed by atoms with Gasteiger partial charge in [-0.25, -0.2) is 8.42 Å². The summed E-state index contributed by atoms with van der Waals surface area (Å²) in [5, 5.41) is 0.159. The van der Waals surface area contributed by atoms with Gasteiger partial charge >= 0.3 is 0 Å². The molecule has 0 spiro atoms. The fourth-order valence-electron chi connectivity index (χ4n) is 3.18. The number of rotatable bonds is 9. The Kier molecular flexibility index (Phi) is 7.73. The van der Waals surface area contributed by atoms with E-state index in [4.69, 9.17) is 16.3 Å². The first-order valence-corrected chi connectivity index (χ1v) is 11.8. The SMILES string of the molecule is C=CCN(c1ccc(OC)cc1)S(=O)(=O)c1ccc(Cl)c(C(=O)N(C)Cc2ccccn2)c1. The van der Waals surface area contributed by atoms with Crippen LogP contribution >= 0.6 is 11.6 Å². The van der Waals surface area contributed by atoms with E-state index in [-0.39, 0.29) is 28.6 Å². The third kappa shape index (κ3) is 5.53. The van der Waals surface area contributed by atoms with E-state index >= 15 is 0 Å². The zero-order valence-corrected chi connectivity index (χ0v) is 19.9. The van der Waals surface area contributed by atoms with Gasteiger partial charge in [-0.3, -0.25) is 14.1 Å². The van der Waals surface area contributed by atoms with Crippen LogP contribution in [-0.4, -0.2) is 44.9 Å². The van der Waals surface area contributed by atoms with Gasteiger partial charge in [0.15, 0.2) is 0 Å². The number of pyridine rings is 1. The molecule has 0 atom stereocenters. The molecule has 3 aromatic rings. The number of carbonyl (C=O) groups is 1. The second-order valence-corrected chi connectivity index (χ2v) is 9.42. The highest BCUT2D eigenvalue weighted by Crippen LogP contribution is 2.28. The number of carbonyl (C=O) groups excluding carboxylic acids is 1. The van der Waals surface area contributed by atoms with Crippen molar-refractivity contribution in [1.82, 2.24) is 9.88 Å². The van der Waals surface area contributed by atoms with Crippen LogP contribution in [0.5, 0.6) is 5.75 Å². The van der Waals surface area contributed by atoms with Crippen molar-refractivity contribution in [2.45, 2.75) is 11.4 Å². The first-order valence-electron chi connectivity index (χ1n) is 10.0. The average molecular weight is 486 g/mol. The predicted octanol–water partition coefficient (Wildman–Crippen LogP) is 4.40. The molecule has 0 saturated carbocycles. The Morgan fingerprint density at radius 2 is 1.88 bits per heavy atom. The molecule has 2 aromatic carbocycles. The summed E-state index contributed by atoms with van der Waals surface area (Å²) in [5.74, 6) is 0.187. The highest BCUT2D eigenvalue weighted by molar-refractivity contribution is 7.92. The van der Waals surface area contributed by atoms with Crippen molar-refractivity contribution in [3.63, 3.8) is 0 Å². The fourth-order valence-corrected chi connectivity index (χ4v) is 4.84. The lowest BCUT2D eigenvalue weighted by Gasteiger charge is -2.24. The van der Waals surface area contributed by atoms with Crippen molar-refractivity contribution in [2.24, 2.45) is 0 Å². The number of methoxy groups -OCH3 is 1. The van der Waals surface area contributed by atoms with Gasteiger partial charge in [0.25, 0.3) is 15.9 Å². The lowest BCUT2D eigenvalue weighted by Crippen LogP contribution is -2.32. The molecule has 3 rings (SSSR count). The molecule has 0 saturated heterocycles. The van der Waals surface area contributed by atoms with Gasteiger partial charge in [-0.15, -0.1) is 6.58 Å². The first kappa shape index (κ1) is 24.3. The van der Waals surface area contributed by atoms with E-state index in [0.29, 0.717) is 17.1 Å². The number of nitrogens with zero attached hydrogens (tertiary/aromatic N) is 3. The summed E-state index contributed by atoms with van der Waals surface area (Å²) in [6.45, 7) is 3.96. The molecule has 0 N–H and O–H groups in total. The summed E-state index contributed by atoms with van der Waals surface area (Å²) >= 11 is 6.28. The minimum Gasteiger partial charge on any atom is -0.497 e. The monoisotopic (exact) mass is 485 g/mol. The number of benzene rings is 2. The number of amides is 1. The van der Waals surface area contributed by atoms with Crippen LogP contribution in [0.15, 0.2) is 84.4 Å². The molecule has 7 nitrogen and oxygen atoms in total. The summed E-state index contributed by atoms with van der Waals surface area (Å²) in [5.41, 5.74) is 1.22. The van der Waals surface area contributed by atoms with E-state index < -0.39 is 15.9 Å². The lowest BCUT2D eigenvalue weighted by molar-refractivity contribution is 0.0783. The number of aromatic nitrogens is 1. The standard InChI is InChI=1S/C24H24ClN3O4S/c1-4-15-28(19-8-10-20(32-3)11-9-19)33(30,31)21-12-13-23(25)22(16-21)24(29)27(2)17-18-7-5-6-14-26-18/h4-14,16H,1,15,17H2,2-3H3. The first-order chi connectivity index (χ1) is 15.8. The van der Waals surface area contributed by atoms with E-state index in [1.165, 1.54) is 40.6 Å². The Labute approximate surface area is 198 Å². The summed E-state index contributed by atoms with van der Waals surface area (Å²) in [4.78, 5) is 18.7. The Bertz CT molecular complexity index is 1230. The normalized spacial score (nSPS) is 11.0. The number of anilines is 1. The van der Waals surface area contributed by atoms with Crippen LogP contribution in [0.4, 0.5) is 5.69 Å². The fraction of sp³-hybridized carbons (Fsp3) is 0.167. The van der Waals surface area contributed by atoms with Gasteiger partial charge in [-0.2, -0.15) is 0 Å². The number of sulfonamides is 1. The topological polar surface area (TPSA) is 79.8 Å². The predicted molar refractivity (Wildman–Crippen MR) is 129 cm³/mol. The molecule has 0 radical (unpaired) electrons. The molecule has 33 heavy (non-hydrogen) atoms. The highest BCUT2D eigenvalue weighted by atomic mass is 35.5. The van der Waals surface area contributed by atoms with Gasteiger partial charge in [0.1, 0.15) is 5.75 Å². The van der Waals surface area contributed by atoms with E-state index in [2.05, 4.69) is 11.6 Å². The highest BCUT2D eigenvalue weighted by Gasteiger charge is 2.27. The summed E-state index contributed by atoms with van der Waals surface area (Å²) < 4.78 is 33.3. The van der Waals surface area contributed by atoms with Crippen molar-refractivity contribution in [3.8, 4) is 5.75 Å². The van der Waals surface area contributed by atoms with Crippen molar-refractivity contribution >= 4 is 33.2 Å². The number of hydrogen-bond donors (Lipinski definition) is 0. The van der Waals surface area contributed by atoms with Crippen LogP contribution in [0.25, 0.3) is 0 Å². The second kappa shape index (κ2) is 10.5. The molecule has 1 heterocycles. The number of ether oxygens (including phenoxy) is 1. The Hall–Kier alpha value is -3.36. The van der Waals surface area contributed by atoms with Crippen LogP contribution in [0, 0.1) is 0 Å². The quantitative estimate of drug-likeness (QED) is 0.420. The molecule has 0 aliphatic rings. The smallest absolute Gasteiger partial charge is 0.264 e. The third-order valence-corrected chi connectivity index (χ3v) is 7.00. The lowest BCUT2D eigenvalue weighted by atomic mass is 10.2. The Balaban J connectivity index is 1.95. The third-order valence-electron chi connectivity index (χ3n) is 4.88. The number of halogens is 1. The average Bonchev–Trinajstić information content (AvgIpc) is 2.83. The van der Waals surface area contributed by atoms with E-state index in [1.807, 2.05) is 6.07 Å². The van der Waals surface area contributed by atoms with Gasteiger partial charge in [0.2, 0.25) is 0 Å². The molecule has 0 bridgehead atoms. The summed E-state index contributed by atoms with van der Waals surface area (Å²) in [6.07, 6.45) is 3.13. The largest absolute Gasteiger partial charge is 0.497 e. The molecule has 1 amide bonds. The maximum absolute atomic E-state index is 13.5. The molecule has 0 aliphatic carbocycles. The van der Waals surface area contributed by atoms with E-state index in [1.54, 1.807) is 49.6 Å². The zero-order valence-electron chi connectivity index (χ0n) is 18.3. The number of hydrogen-bond acceptors (Lipinski definition) is 5. The molecular weight excluding hydrogens is 462 g/mol. The van der Waals surface area contributed by atoms with Crippen LogP contribution < -0.4 is 9.04 Å². The molecular formula is C24H24ClN3O4S. The molecule has 172 valence electrons. The Morgan fingerprint density at radius 1 is 1.15 bits per heavy atom. The van der Waals surface area contributed by atoms with Crippen molar-refractivity contribution < 1.29 is 17.9 Å². The molecule has 1 aromatic heterocycles. The second-order valence-electron chi connectivity index (χ2n) is 7.15. The van der Waals surface area contributed by atoms with E-state index in [0.717, 1.165) is 0 Å². The summed E-state index contributed by atoms with van der Waals surface area (Å²) in [7, 11) is -0.875.